The van der Waals surface area contributed by atoms with E-state index in [4.69, 9.17) is 5.73 Å². The van der Waals surface area contributed by atoms with Crippen LogP contribution in [-0.4, -0.2) is 35.4 Å². The van der Waals surface area contributed by atoms with Gasteiger partial charge in [0, 0.05) is 19.6 Å². The Labute approximate surface area is 130 Å². The molecule has 1 aromatic heterocycles. The zero-order chi connectivity index (χ0) is 15.4. The van der Waals surface area contributed by atoms with Crippen LogP contribution < -0.4 is 11.1 Å². The molecule has 0 saturated heterocycles. The maximum atomic E-state index is 12.6. The number of aromatic nitrogens is 1. The third-order valence-electron chi connectivity index (χ3n) is 3.95. The Morgan fingerprint density at radius 2 is 2.10 bits per heavy atom. The molecule has 0 atom stereocenters. The third-order valence-corrected chi connectivity index (χ3v) is 4.97. The maximum absolute atomic E-state index is 12.6. The van der Waals surface area contributed by atoms with Crippen LogP contribution >= 0.6 is 11.3 Å². The summed E-state index contributed by atoms with van der Waals surface area (Å²) in [5.74, 6) is 0.882. The van der Waals surface area contributed by atoms with Crippen molar-refractivity contribution in [2.75, 3.05) is 24.6 Å². The number of rotatable bonds is 5. The second kappa shape index (κ2) is 7.11. The van der Waals surface area contributed by atoms with Crippen molar-refractivity contribution in [3.63, 3.8) is 0 Å². The summed E-state index contributed by atoms with van der Waals surface area (Å²) in [4.78, 5) is 19.3. The van der Waals surface area contributed by atoms with E-state index in [9.17, 15) is 4.79 Å². The van der Waals surface area contributed by atoms with Gasteiger partial charge in [0.05, 0.1) is 0 Å². The van der Waals surface area contributed by atoms with Crippen LogP contribution in [0.5, 0.6) is 0 Å². The highest BCUT2D eigenvalue weighted by molar-refractivity contribution is 7.18. The number of nitrogen functional groups attached to an aromatic ring is 1. The summed E-state index contributed by atoms with van der Waals surface area (Å²) >= 11 is 1.36. The molecular weight excluding hydrogens is 284 g/mol. The first kappa shape index (κ1) is 16.1. The monoisotopic (exact) mass is 310 g/mol. The second-order valence-electron chi connectivity index (χ2n) is 6.22. The molecular formula is C15H26N4OS. The van der Waals surface area contributed by atoms with E-state index in [1.807, 2.05) is 11.9 Å². The molecule has 0 aliphatic heterocycles. The number of anilines is 2. The van der Waals surface area contributed by atoms with Crippen LogP contribution in [0.25, 0.3) is 0 Å². The molecule has 21 heavy (non-hydrogen) atoms. The number of nitrogens with one attached hydrogen (secondary N) is 1. The first-order valence-corrected chi connectivity index (χ1v) is 8.58. The highest BCUT2D eigenvalue weighted by Gasteiger charge is 2.26. The van der Waals surface area contributed by atoms with E-state index in [-0.39, 0.29) is 5.91 Å². The molecule has 5 nitrogen and oxygen atoms in total. The van der Waals surface area contributed by atoms with Crippen molar-refractivity contribution < 1.29 is 4.79 Å². The molecule has 1 heterocycles. The van der Waals surface area contributed by atoms with Crippen LogP contribution in [0.15, 0.2) is 0 Å². The predicted molar refractivity (Wildman–Crippen MR) is 88.8 cm³/mol. The fourth-order valence-electron chi connectivity index (χ4n) is 2.65. The van der Waals surface area contributed by atoms with Gasteiger partial charge in [0.2, 0.25) is 0 Å². The van der Waals surface area contributed by atoms with E-state index in [1.54, 1.807) is 0 Å². The van der Waals surface area contributed by atoms with Crippen molar-refractivity contribution in [1.82, 2.24) is 9.88 Å². The molecule has 118 valence electrons. The normalized spacial score (nSPS) is 16.2. The van der Waals surface area contributed by atoms with Crippen LogP contribution in [0, 0.1) is 5.92 Å². The molecule has 3 N–H and O–H groups in total. The number of nitrogens with zero attached hydrogens (tertiary/aromatic N) is 2. The highest BCUT2D eigenvalue weighted by atomic mass is 32.1. The largest absolute Gasteiger partial charge is 0.382 e. The third kappa shape index (κ3) is 4.09. The van der Waals surface area contributed by atoms with Crippen molar-refractivity contribution in [2.45, 2.75) is 52.0 Å². The Bertz CT molecular complexity index is 480. The predicted octanol–water partition coefficient (Wildman–Crippen LogP) is 3.20. The van der Waals surface area contributed by atoms with Gasteiger partial charge in [-0.3, -0.25) is 4.79 Å². The number of carbonyl (C=O) groups is 1. The Hall–Kier alpha value is -1.30. The van der Waals surface area contributed by atoms with Crippen molar-refractivity contribution in [3.05, 3.63) is 4.88 Å². The van der Waals surface area contributed by atoms with E-state index in [0.717, 1.165) is 24.5 Å². The van der Waals surface area contributed by atoms with Gasteiger partial charge in [0.25, 0.3) is 5.91 Å². The van der Waals surface area contributed by atoms with Gasteiger partial charge in [-0.15, -0.1) is 0 Å². The molecule has 0 unspecified atom stereocenters. The average molecular weight is 310 g/mol. The molecule has 1 aliphatic rings. The Kier molecular flexibility index (Phi) is 5.45. The summed E-state index contributed by atoms with van der Waals surface area (Å²) in [7, 11) is 1.89. The lowest BCUT2D eigenvalue weighted by molar-refractivity contribution is 0.0702. The summed E-state index contributed by atoms with van der Waals surface area (Å²) in [6.07, 6.45) is 5.90. The van der Waals surface area contributed by atoms with Crippen molar-refractivity contribution in [1.29, 1.82) is 0 Å². The molecule has 1 aliphatic carbocycles. The van der Waals surface area contributed by atoms with Gasteiger partial charge >= 0.3 is 0 Å². The van der Waals surface area contributed by atoms with Gasteiger partial charge in [-0.05, 0) is 18.8 Å². The second-order valence-corrected chi connectivity index (χ2v) is 7.22. The molecule has 0 bridgehead atoms. The Balaban J connectivity index is 2.04. The minimum Gasteiger partial charge on any atom is -0.382 e. The molecule has 2 rings (SSSR count). The maximum Gasteiger partial charge on any atom is 0.267 e. The van der Waals surface area contributed by atoms with Crippen LogP contribution in [0.2, 0.25) is 0 Å². The van der Waals surface area contributed by atoms with E-state index in [0.29, 0.717) is 22.7 Å². The summed E-state index contributed by atoms with van der Waals surface area (Å²) in [6, 6.07) is 0.347. The fraction of sp³-hybridized carbons (Fsp3) is 0.733. The van der Waals surface area contributed by atoms with Crippen molar-refractivity contribution in [3.8, 4) is 0 Å². The average Bonchev–Trinajstić information content (AvgIpc) is 2.85. The van der Waals surface area contributed by atoms with E-state index < -0.39 is 0 Å². The van der Waals surface area contributed by atoms with Gasteiger partial charge in [-0.25, -0.2) is 4.98 Å². The number of carbonyl (C=O) groups excluding carboxylic acids is 1. The lowest BCUT2D eigenvalue weighted by Crippen LogP contribution is -2.38. The van der Waals surface area contributed by atoms with Gasteiger partial charge in [-0.1, -0.05) is 44.4 Å². The smallest absolute Gasteiger partial charge is 0.267 e. The van der Waals surface area contributed by atoms with Crippen LogP contribution in [0.4, 0.5) is 10.9 Å². The number of hydrogen-bond acceptors (Lipinski definition) is 5. The minimum atomic E-state index is 0.00879. The molecule has 1 aromatic rings. The van der Waals surface area contributed by atoms with Crippen LogP contribution in [0.3, 0.4) is 0 Å². The first-order chi connectivity index (χ1) is 9.99. The van der Waals surface area contributed by atoms with Gasteiger partial charge in [-0.2, -0.15) is 0 Å². The molecule has 1 saturated carbocycles. The summed E-state index contributed by atoms with van der Waals surface area (Å²) in [5.41, 5.74) is 5.93. The number of nitrogens with two attached hydrogens (primary N) is 1. The molecule has 1 amide bonds. The Morgan fingerprint density at radius 3 is 2.71 bits per heavy atom. The van der Waals surface area contributed by atoms with Crippen LogP contribution in [-0.2, 0) is 0 Å². The van der Waals surface area contributed by atoms with Crippen LogP contribution in [0.1, 0.15) is 55.6 Å². The van der Waals surface area contributed by atoms with Gasteiger partial charge in [0.15, 0.2) is 5.13 Å². The molecule has 6 heteroatoms. The SMILES string of the molecule is CC(C)CNc1nc(N)c(C(=O)N(C)C2CCCCC2)s1. The van der Waals surface area contributed by atoms with Crippen molar-refractivity contribution in [2.24, 2.45) is 5.92 Å². The summed E-state index contributed by atoms with van der Waals surface area (Å²) in [5, 5.41) is 3.97. The molecule has 1 fully saturated rings. The topological polar surface area (TPSA) is 71.2 Å². The van der Waals surface area contributed by atoms with E-state index >= 15 is 0 Å². The van der Waals surface area contributed by atoms with E-state index in [1.165, 1.54) is 30.6 Å². The molecule has 0 radical (unpaired) electrons. The number of thiazole rings is 1. The summed E-state index contributed by atoms with van der Waals surface area (Å²) < 4.78 is 0. The highest BCUT2D eigenvalue weighted by Crippen LogP contribution is 2.29. The Morgan fingerprint density at radius 1 is 1.43 bits per heavy atom. The first-order valence-electron chi connectivity index (χ1n) is 7.76. The zero-order valence-corrected chi connectivity index (χ0v) is 14.0. The zero-order valence-electron chi connectivity index (χ0n) is 13.2. The molecule has 0 spiro atoms. The van der Waals surface area contributed by atoms with Gasteiger partial charge < -0.3 is 16.0 Å². The minimum absolute atomic E-state index is 0.00879. The lowest BCUT2D eigenvalue weighted by atomic mass is 9.94. The quantitative estimate of drug-likeness (QED) is 0.876. The number of amides is 1. The fourth-order valence-corrected chi connectivity index (χ4v) is 3.52. The van der Waals surface area contributed by atoms with Crippen molar-refractivity contribution >= 4 is 28.2 Å². The van der Waals surface area contributed by atoms with E-state index in [2.05, 4.69) is 24.1 Å². The standard InChI is InChI=1S/C15H26N4OS/c1-10(2)9-17-15-18-13(16)12(21-15)14(20)19(3)11-7-5-4-6-8-11/h10-11H,4-9,16H2,1-3H3,(H,17,18). The van der Waals surface area contributed by atoms with Gasteiger partial charge in [0.1, 0.15) is 10.7 Å². The lowest BCUT2D eigenvalue weighted by Gasteiger charge is -2.30. The molecule has 0 aromatic carbocycles. The summed E-state index contributed by atoms with van der Waals surface area (Å²) in [6.45, 7) is 5.10. The number of hydrogen-bond donors (Lipinski definition) is 2.